The minimum Gasteiger partial charge on any atom is -0.285 e. The first-order valence-corrected chi connectivity index (χ1v) is 4.22. The van der Waals surface area contributed by atoms with Gasteiger partial charge in [0, 0.05) is 0 Å². The molecule has 0 amide bonds. The molecule has 0 aliphatic carbocycles. The van der Waals surface area contributed by atoms with Crippen LogP contribution in [-0.4, -0.2) is 24.0 Å². The van der Waals surface area contributed by atoms with E-state index in [1.807, 2.05) is 0 Å². The van der Waals surface area contributed by atoms with E-state index in [9.17, 15) is 13.2 Å². The molecule has 0 atom stereocenters. The van der Waals surface area contributed by atoms with Crippen molar-refractivity contribution in [1.82, 2.24) is 0 Å². The Kier molecular flexibility index (Phi) is 3.55. The standard InChI is InChI=1S/C4H5ClO4S/c5-4(6)2-1-3-10(7,8)9/h1-2H,3H2,(H,7,8,9)/b2-1+. The molecule has 0 rings (SSSR count). The molecular weight excluding hydrogens is 180 g/mol. The zero-order chi connectivity index (χ0) is 8.20. The van der Waals surface area contributed by atoms with Crippen LogP contribution < -0.4 is 0 Å². The Labute approximate surface area is 63.2 Å². The van der Waals surface area contributed by atoms with E-state index in [4.69, 9.17) is 16.2 Å². The first kappa shape index (κ1) is 9.61. The van der Waals surface area contributed by atoms with Gasteiger partial charge in [0.2, 0.25) is 5.24 Å². The summed E-state index contributed by atoms with van der Waals surface area (Å²) in [5.41, 5.74) is 0. The molecule has 0 fully saturated rings. The van der Waals surface area contributed by atoms with Crippen LogP contribution in [0.15, 0.2) is 12.2 Å². The highest BCUT2D eigenvalue weighted by atomic mass is 35.5. The summed E-state index contributed by atoms with van der Waals surface area (Å²) in [6.45, 7) is 0. The lowest BCUT2D eigenvalue weighted by molar-refractivity contribution is -0.107. The van der Waals surface area contributed by atoms with Crippen LogP contribution >= 0.6 is 11.6 Å². The number of carbonyl (C=O) groups is 1. The van der Waals surface area contributed by atoms with Crippen LogP contribution in [0.1, 0.15) is 0 Å². The Hall–Kier alpha value is -0.390. The predicted octanol–water partition coefficient (Wildman–Crippen LogP) is 0.196. The van der Waals surface area contributed by atoms with Crippen molar-refractivity contribution in [3.63, 3.8) is 0 Å². The normalized spacial score (nSPS) is 12.2. The molecule has 0 aromatic heterocycles. The maximum Gasteiger partial charge on any atom is 0.268 e. The molecule has 0 aliphatic rings. The van der Waals surface area contributed by atoms with Crippen molar-refractivity contribution < 1.29 is 17.8 Å². The van der Waals surface area contributed by atoms with E-state index in [1.165, 1.54) is 0 Å². The van der Waals surface area contributed by atoms with Crippen LogP contribution in [0.3, 0.4) is 0 Å². The average molecular weight is 185 g/mol. The summed E-state index contributed by atoms with van der Waals surface area (Å²) in [5.74, 6) is -0.592. The molecule has 0 saturated carbocycles. The topological polar surface area (TPSA) is 71.4 Å². The van der Waals surface area contributed by atoms with Gasteiger partial charge in [0.15, 0.2) is 0 Å². The van der Waals surface area contributed by atoms with Crippen LogP contribution in [0.2, 0.25) is 0 Å². The molecule has 0 spiro atoms. The maximum atomic E-state index is 9.96. The van der Waals surface area contributed by atoms with E-state index >= 15 is 0 Å². The van der Waals surface area contributed by atoms with Crippen LogP contribution in [-0.2, 0) is 14.9 Å². The second kappa shape index (κ2) is 3.70. The highest BCUT2D eigenvalue weighted by molar-refractivity contribution is 7.85. The minimum absolute atomic E-state index is 0.592. The highest BCUT2D eigenvalue weighted by Crippen LogP contribution is 1.86. The van der Waals surface area contributed by atoms with Gasteiger partial charge in [-0.3, -0.25) is 9.35 Å². The van der Waals surface area contributed by atoms with Crippen LogP contribution in [0.4, 0.5) is 0 Å². The fourth-order valence-electron chi connectivity index (χ4n) is 0.262. The van der Waals surface area contributed by atoms with Crippen molar-refractivity contribution in [1.29, 1.82) is 0 Å². The van der Waals surface area contributed by atoms with Crippen molar-refractivity contribution in [2.45, 2.75) is 0 Å². The maximum absolute atomic E-state index is 9.96. The average Bonchev–Trinajstić information content (AvgIpc) is 1.59. The van der Waals surface area contributed by atoms with E-state index in [0.717, 1.165) is 12.2 Å². The minimum atomic E-state index is -4.02. The van der Waals surface area contributed by atoms with E-state index in [2.05, 4.69) is 0 Å². The molecule has 0 saturated heterocycles. The third-order valence-electron chi connectivity index (χ3n) is 0.556. The molecule has 1 N–H and O–H groups in total. The first-order chi connectivity index (χ1) is 4.42. The number of carbonyl (C=O) groups excluding carboxylic acids is 1. The van der Waals surface area contributed by atoms with Crippen LogP contribution in [0, 0.1) is 0 Å². The van der Waals surface area contributed by atoms with Crippen LogP contribution in [0.25, 0.3) is 0 Å². The largest absolute Gasteiger partial charge is 0.285 e. The molecule has 0 radical (unpaired) electrons. The quantitative estimate of drug-likeness (QED) is 0.386. The summed E-state index contributed by atoms with van der Waals surface area (Å²) in [7, 11) is -4.02. The number of halogens is 1. The molecule has 0 aromatic rings. The number of rotatable bonds is 3. The van der Waals surface area contributed by atoms with Gasteiger partial charge in [0.1, 0.15) is 0 Å². The highest BCUT2D eigenvalue weighted by Gasteiger charge is 1.98. The van der Waals surface area contributed by atoms with Gasteiger partial charge in [-0.1, -0.05) is 6.08 Å². The summed E-state index contributed by atoms with van der Waals surface area (Å²) in [4.78, 5) is 9.93. The smallest absolute Gasteiger partial charge is 0.268 e. The predicted molar refractivity (Wildman–Crippen MR) is 36.4 cm³/mol. The van der Waals surface area contributed by atoms with Crippen molar-refractivity contribution in [3.05, 3.63) is 12.2 Å². The zero-order valence-electron chi connectivity index (χ0n) is 4.82. The molecule has 6 heteroatoms. The second-order valence-corrected chi connectivity index (χ2v) is 3.32. The molecule has 0 heterocycles. The third-order valence-corrected chi connectivity index (χ3v) is 1.30. The summed E-state index contributed by atoms with van der Waals surface area (Å²) >= 11 is 4.80. The monoisotopic (exact) mass is 184 g/mol. The SMILES string of the molecule is O=C(Cl)/C=C/CS(=O)(=O)O. The summed E-state index contributed by atoms with van der Waals surface area (Å²) in [6, 6.07) is 0. The van der Waals surface area contributed by atoms with Crippen molar-refractivity contribution in [3.8, 4) is 0 Å². The lowest BCUT2D eigenvalue weighted by Gasteiger charge is -1.84. The lowest BCUT2D eigenvalue weighted by Crippen LogP contribution is -2.00. The van der Waals surface area contributed by atoms with Crippen molar-refractivity contribution in [2.75, 3.05) is 5.75 Å². The summed E-state index contributed by atoms with van der Waals surface area (Å²) in [6.07, 6.45) is 1.82. The Bertz CT molecular complexity index is 240. The van der Waals surface area contributed by atoms with Gasteiger partial charge < -0.3 is 0 Å². The fourth-order valence-corrected chi connectivity index (χ4v) is 0.691. The number of allylic oxidation sites excluding steroid dienone is 1. The Morgan fingerprint density at radius 2 is 2.10 bits per heavy atom. The van der Waals surface area contributed by atoms with Crippen molar-refractivity contribution >= 4 is 27.0 Å². The fraction of sp³-hybridized carbons (Fsp3) is 0.250. The van der Waals surface area contributed by atoms with E-state index in [-0.39, 0.29) is 0 Å². The molecule has 0 aliphatic heterocycles. The summed E-state index contributed by atoms with van der Waals surface area (Å²) in [5, 5.41) is -0.774. The Balaban J connectivity index is 3.88. The molecule has 0 unspecified atom stereocenters. The molecule has 0 aromatic carbocycles. The number of hydrogen-bond acceptors (Lipinski definition) is 3. The van der Waals surface area contributed by atoms with Gasteiger partial charge >= 0.3 is 0 Å². The van der Waals surface area contributed by atoms with Gasteiger partial charge in [-0.05, 0) is 17.7 Å². The molecule has 10 heavy (non-hydrogen) atoms. The molecular formula is C4H5ClO4S. The van der Waals surface area contributed by atoms with Crippen molar-refractivity contribution in [2.24, 2.45) is 0 Å². The van der Waals surface area contributed by atoms with E-state index < -0.39 is 21.1 Å². The lowest BCUT2D eigenvalue weighted by atomic mass is 10.6. The van der Waals surface area contributed by atoms with Gasteiger partial charge in [0.25, 0.3) is 10.1 Å². The Morgan fingerprint density at radius 3 is 2.40 bits per heavy atom. The molecule has 0 bridgehead atoms. The Morgan fingerprint density at radius 1 is 1.60 bits per heavy atom. The summed E-state index contributed by atoms with van der Waals surface area (Å²) < 4.78 is 28.0. The van der Waals surface area contributed by atoms with Gasteiger partial charge in [-0.2, -0.15) is 8.42 Å². The second-order valence-electron chi connectivity index (χ2n) is 1.46. The zero-order valence-corrected chi connectivity index (χ0v) is 6.39. The van der Waals surface area contributed by atoms with Gasteiger partial charge in [-0.25, -0.2) is 0 Å². The van der Waals surface area contributed by atoms with Gasteiger partial charge in [0.05, 0.1) is 5.75 Å². The van der Waals surface area contributed by atoms with E-state index in [1.54, 1.807) is 0 Å². The van der Waals surface area contributed by atoms with Crippen LogP contribution in [0.5, 0.6) is 0 Å². The molecule has 4 nitrogen and oxygen atoms in total. The van der Waals surface area contributed by atoms with Gasteiger partial charge in [-0.15, -0.1) is 0 Å². The molecule has 58 valence electrons. The third kappa shape index (κ3) is 7.61. The van der Waals surface area contributed by atoms with E-state index in [0.29, 0.717) is 0 Å². The number of hydrogen-bond donors (Lipinski definition) is 1. The first-order valence-electron chi connectivity index (χ1n) is 2.23.